The number of hydrogen-bond donors (Lipinski definition) is 2. The highest BCUT2D eigenvalue weighted by Crippen LogP contribution is 2.34. The van der Waals surface area contributed by atoms with E-state index in [2.05, 4.69) is 10.6 Å². The van der Waals surface area contributed by atoms with Crippen molar-refractivity contribution in [3.05, 3.63) is 50.8 Å². The largest absolute Gasteiger partial charge is 0.462 e. The molecule has 3 rings (SSSR count). The van der Waals surface area contributed by atoms with Crippen molar-refractivity contribution in [2.45, 2.75) is 33.2 Å². The fourth-order valence-electron chi connectivity index (χ4n) is 3.19. The third-order valence-corrected chi connectivity index (χ3v) is 5.88. The average molecular weight is 445 g/mol. The molecular weight excluding hydrogens is 422 g/mol. The second kappa shape index (κ2) is 9.61. The van der Waals surface area contributed by atoms with Crippen LogP contribution in [0.2, 0.25) is 0 Å². The van der Waals surface area contributed by atoms with E-state index >= 15 is 0 Å². The molecule has 0 aliphatic rings. The number of anilines is 1. The number of carbonyl (C=O) groups excluding carboxylic acids is 3. The molecule has 10 heteroatoms. The number of oxazole rings is 1. The molecule has 2 heterocycles. The van der Waals surface area contributed by atoms with Gasteiger partial charge in [-0.2, -0.15) is 0 Å². The molecule has 164 valence electrons. The summed E-state index contributed by atoms with van der Waals surface area (Å²) in [4.78, 5) is 49.4. The van der Waals surface area contributed by atoms with Gasteiger partial charge in [-0.3, -0.25) is 14.2 Å². The van der Waals surface area contributed by atoms with Crippen LogP contribution in [0, 0.1) is 6.92 Å². The highest BCUT2D eigenvalue weighted by molar-refractivity contribution is 7.18. The average Bonchev–Trinajstić information content (AvgIpc) is 3.23. The predicted molar refractivity (Wildman–Crippen MR) is 117 cm³/mol. The van der Waals surface area contributed by atoms with E-state index in [9.17, 15) is 19.2 Å². The minimum Gasteiger partial charge on any atom is -0.462 e. The Kier molecular flexibility index (Phi) is 6.91. The van der Waals surface area contributed by atoms with E-state index in [1.54, 1.807) is 38.1 Å². The summed E-state index contributed by atoms with van der Waals surface area (Å²) in [6.45, 7) is 3.80. The molecule has 0 saturated carbocycles. The molecule has 0 atom stereocenters. The van der Waals surface area contributed by atoms with E-state index in [1.165, 1.54) is 11.6 Å². The van der Waals surface area contributed by atoms with Crippen LogP contribution in [0.1, 0.15) is 45.4 Å². The Bertz CT molecular complexity index is 1190. The summed E-state index contributed by atoms with van der Waals surface area (Å²) in [7, 11) is 1.49. The first-order valence-corrected chi connectivity index (χ1v) is 10.6. The van der Waals surface area contributed by atoms with Gasteiger partial charge in [0.1, 0.15) is 5.00 Å². The zero-order valence-corrected chi connectivity index (χ0v) is 18.3. The van der Waals surface area contributed by atoms with Crippen LogP contribution in [-0.2, 0) is 16.1 Å². The van der Waals surface area contributed by atoms with E-state index in [4.69, 9.17) is 9.15 Å². The molecule has 2 aromatic heterocycles. The number of rotatable bonds is 8. The topological polar surface area (TPSA) is 120 Å². The van der Waals surface area contributed by atoms with Crippen molar-refractivity contribution >= 4 is 45.2 Å². The van der Waals surface area contributed by atoms with Gasteiger partial charge in [0.05, 0.1) is 22.6 Å². The molecule has 0 aliphatic carbocycles. The molecule has 2 amide bonds. The minimum absolute atomic E-state index is 0.112. The number of thiophene rings is 1. The van der Waals surface area contributed by atoms with Gasteiger partial charge in [0, 0.05) is 20.0 Å². The maximum Gasteiger partial charge on any atom is 0.419 e. The number of esters is 1. The van der Waals surface area contributed by atoms with Gasteiger partial charge < -0.3 is 19.8 Å². The van der Waals surface area contributed by atoms with E-state index < -0.39 is 11.7 Å². The van der Waals surface area contributed by atoms with Crippen molar-refractivity contribution in [2.24, 2.45) is 0 Å². The third-order valence-electron chi connectivity index (χ3n) is 4.67. The molecule has 0 radical (unpaired) electrons. The molecule has 0 aliphatic heterocycles. The van der Waals surface area contributed by atoms with Crippen LogP contribution >= 0.6 is 11.3 Å². The van der Waals surface area contributed by atoms with Crippen LogP contribution in [0.5, 0.6) is 0 Å². The van der Waals surface area contributed by atoms with Gasteiger partial charge in [0.2, 0.25) is 5.91 Å². The van der Waals surface area contributed by atoms with Gasteiger partial charge in [-0.1, -0.05) is 12.1 Å². The Balaban J connectivity index is 1.72. The first-order valence-electron chi connectivity index (χ1n) is 9.78. The maximum absolute atomic E-state index is 12.5. The van der Waals surface area contributed by atoms with Crippen LogP contribution in [-0.4, -0.2) is 36.0 Å². The van der Waals surface area contributed by atoms with Crippen LogP contribution in [0.3, 0.4) is 0 Å². The van der Waals surface area contributed by atoms with Crippen LogP contribution < -0.4 is 16.4 Å². The summed E-state index contributed by atoms with van der Waals surface area (Å²) < 4.78 is 11.7. The summed E-state index contributed by atoms with van der Waals surface area (Å²) in [6, 6.07) is 7.07. The smallest absolute Gasteiger partial charge is 0.419 e. The van der Waals surface area contributed by atoms with E-state index in [-0.39, 0.29) is 35.4 Å². The Morgan fingerprint density at radius 3 is 2.68 bits per heavy atom. The van der Waals surface area contributed by atoms with Gasteiger partial charge in [-0.05, 0) is 38.0 Å². The number of aryl methyl sites for hydroxylation is 1. The molecular formula is C21H23N3O6S. The number of amides is 2. The molecule has 1 aromatic carbocycles. The number of ether oxygens (including phenoxy) is 1. The van der Waals surface area contributed by atoms with E-state index in [1.807, 2.05) is 0 Å². The molecule has 0 fully saturated rings. The highest BCUT2D eigenvalue weighted by Gasteiger charge is 2.26. The Morgan fingerprint density at radius 2 is 1.97 bits per heavy atom. The molecule has 9 nitrogen and oxygen atoms in total. The van der Waals surface area contributed by atoms with Gasteiger partial charge in [-0.15, -0.1) is 11.3 Å². The SMILES string of the molecule is CCOC(=O)c1c(NC(=O)CCCn2c(=O)oc3ccccc32)sc(C(=O)NC)c1C. The van der Waals surface area contributed by atoms with Gasteiger partial charge in [-0.25, -0.2) is 9.59 Å². The fourth-order valence-corrected chi connectivity index (χ4v) is 4.35. The Morgan fingerprint density at radius 1 is 1.23 bits per heavy atom. The molecule has 0 bridgehead atoms. The molecule has 3 aromatic rings. The number of aromatic nitrogens is 1. The molecule has 31 heavy (non-hydrogen) atoms. The number of fused-ring (bicyclic) bond motifs is 1. The number of nitrogens with one attached hydrogen (secondary N) is 2. The highest BCUT2D eigenvalue weighted by atomic mass is 32.1. The number of carbonyl (C=O) groups is 3. The Hall–Kier alpha value is -3.40. The van der Waals surface area contributed by atoms with Crippen LogP contribution in [0.15, 0.2) is 33.5 Å². The first kappa shape index (κ1) is 22.3. The van der Waals surface area contributed by atoms with E-state index in [0.29, 0.717) is 34.5 Å². The zero-order valence-electron chi connectivity index (χ0n) is 17.4. The summed E-state index contributed by atoms with van der Waals surface area (Å²) >= 11 is 1.02. The zero-order chi connectivity index (χ0) is 22.5. The number of benzene rings is 1. The number of para-hydroxylation sites is 2. The van der Waals surface area contributed by atoms with Crippen molar-refractivity contribution in [3.8, 4) is 0 Å². The lowest BCUT2D eigenvalue weighted by Crippen LogP contribution is -2.18. The number of nitrogens with zero attached hydrogens (tertiary/aromatic N) is 1. The molecule has 0 unspecified atom stereocenters. The second-order valence-corrected chi connectivity index (χ2v) is 7.72. The van der Waals surface area contributed by atoms with Crippen LogP contribution in [0.25, 0.3) is 11.1 Å². The fraction of sp³-hybridized carbons (Fsp3) is 0.333. The lowest BCUT2D eigenvalue weighted by molar-refractivity contribution is -0.116. The van der Waals surface area contributed by atoms with Crippen molar-refractivity contribution in [3.63, 3.8) is 0 Å². The first-order chi connectivity index (χ1) is 14.9. The van der Waals surface area contributed by atoms with Crippen molar-refractivity contribution < 1.29 is 23.5 Å². The van der Waals surface area contributed by atoms with Gasteiger partial charge in [0.15, 0.2) is 5.58 Å². The third kappa shape index (κ3) is 4.69. The normalized spacial score (nSPS) is 10.8. The minimum atomic E-state index is -0.599. The van der Waals surface area contributed by atoms with E-state index in [0.717, 1.165) is 11.3 Å². The summed E-state index contributed by atoms with van der Waals surface area (Å²) in [5.41, 5.74) is 1.79. The van der Waals surface area contributed by atoms with Gasteiger partial charge >= 0.3 is 11.7 Å². The van der Waals surface area contributed by atoms with Crippen molar-refractivity contribution in [2.75, 3.05) is 19.0 Å². The van der Waals surface area contributed by atoms with Crippen molar-refractivity contribution in [1.82, 2.24) is 9.88 Å². The monoisotopic (exact) mass is 445 g/mol. The summed E-state index contributed by atoms with van der Waals surface area (Å²) in [5, 5.41) is 5.50. The predicted octanol–water partition coefficient (Wildman–Crippen LogP) is 2.92. The summed E-state index contributed by atoms with van der Waals surface area (Å²) in [6.07, 6.45) is 0.497. The van der Waals surface area contributed by atoms with Crippen LogP contribution in [0.4, 0.5) is 5.00 Å². The standard InChI is InChI=1S/C21H23N3O6S/c1-4-29-20(27)16-12(2)17(18(26)22-3)31-19(16)23-15(25)10-7-11-24-13-8-5-6-9-14(13)30-21(24)28/h5-6,8-9H,4,7,10-11H2,1-3H3,(H,22,26)(H,23,25). The molecule has 2 N–H and O–H groups in total. The van der Waals surface area contributed by atoms with Crippen molar-refractivity contribution in [1.29, 1.82) is 0 Å². The molecule has 0 spiro atoms. The lowest BCUT2D eigenvalue weighted by Gasteiger charge is -2.07. The Labute approximate surface area is 182 Å². The summed E-state index contributed by atoms with van der Waals surface area (Å²) in [5.74, 6) is -1.76. The number of hydrogen-bond acceptors (Lipinski definition) is 7. The second-order valence-electron chi connectivity index (χ2n) is 6.70. The molecule has 0 saturated heterocycles. The quantitative estimate of drug-likeness (QED) is 0.515. The lowest BCUT2D eigenvalue weighted by atomic mass is 10.1. The van der Waals surface area contributed by atoms with Gasteiger partial charge in [0.25, 0.3) is 5.91 Å². The maximum atomic E-state index is 12.5.